The molecule has 0 aromatic heterocycles. The Balaban J connectivity index is 1.96. The summed E-state index contributed by atoms with van der Waals surface area (Å²) in [4.78, 5) is 26.6. The van der Waals surface area contributed by atoms with E-state index < -0.39 is 5.97 Å². The van der Waals surface area contributed by atoms with Gasteiger partial charge in [0.2, 0.25) is 0 Å². The number of carbonyl (C=O) groups is 2. The Kier molecular flexibility index (Phi) is 2.70. The molecule has 1 amide bonds. The number of β-lactam (4-membered cyclic amide) rings is 1. The topological polar surface area (TPSA) is 87.2 Å². The van der Waals surface area contributed by atoms with Crippen molar-refractivity contribution in [2.75, 3.05) is 20.1 Å². The first kappa shape index (κ1) is 12.3. The van der Waals surface area contributed by atoms with Gasteiger partial charge in [0.25, 0.3) is 0 Å². The third-order valence-corrected chi connectivity index (χ3v) is 4.17. The van der Waals surface area contributed by atoms with Crippen LogP contribution in [0, 0.1) is 5.92 Å². The average molecular weight is 264 g/mol. The molecule has 2 unspecified atom stereocenters. The van der Waals surface area contributed by atoms with Crippen LogP contribution < -0.4 is 0 Å². The number of hydrogen-bond donors (Lipinski definition) is 1. The molecule has 0 aromatic rings. The van der Waals surface area contributed by atoms with Crippen LogP contribution in [0.4, 0.5) is 0 Å². The van der Waals surface area contributed by atoms with E-state index in [0.717, 1.165) is 7.15 Å². The van der Waals surface area contributed by atoms with Gasteiger partial charge in [0.15, 0.2) is 0 Å². The maximum absolute atomic E-state index is 12.1. The van der Waals surface area contributed by atoms with Crippen LogP contribution in [0.3, 0.4) is 0 Å². The number of hydrogen-bond acceptors (Lipinski definition) is 5. The minimum absolute atomic E-state index is 0.0436. The van der Waals surface area contributed by atoms with Crippen molar-refractivity contribution >= 4 is 19.0 Å². The Morgan fingerprint density at radius 1 is 1.58 bits per heavy atom. The fraction of sp³-hybridized carbons (Fsp3) is 0.636. The molecule has 8 heteroatoms. The zero-order valence-corrected chi connectivity index (χ0v) is 10.4. The summed E-state index contributed by atoms with van der Waals surface area (Å²) in [7, 11) is 2.19. The van der Waals surface area contributed by atoms with Crippen LogP contribution in [0.15, 0.2) is 11.5 Å². The summed E-state index contributed by atoms with van der Waals surface area (Å²) in [6, 6.07) is -0.472. The van der Waals surface area contributed by atoms with E-state index in [1.165, 1.54) is 12.0 Å². The van der Waals surface area contributed by atoms with Crippen LogP contribution in [0.1, 0.15) is 6.42 Å². The van der Waals surface area contributed by atoms with E-state index in [1.807, 2.05) is 4.90 Å². The number of amides is 1. The van der Waals surface area contributed by atoms with Gasteiger partial charge in [-0.05, 0) is 0 Å². The molecule has 2 saturated heterocycles. The summed E-state index contributed by atoms with van der Waals surface area (Å²) >= 11 is 0. The summed E-state index contributed by atoms with van der Waals surface area (Å²) in [6.07, 6.45) is 0.709. The number of carboxylic acids is 1. The molecule has 3 aliphatic rings. The number of methoxy groups -OCH3 is 1. The Morgan fingerprint density at radius 3 is 2.89 bits per heavy atom. The molecule has 3 aliphatic heterocycles. The van der Waals surface area contributed by atoms with Crippen molar-refractivity contribution in [3.05, 3.63) is 11.5 Å². The second kappa shape index (κ2) is 4.16. The van der Waals surface area contributed by atoms with Crippen molar-refractivity contribution < 1.29 is 24.1 Å². The van der Waals surface area contributed by atoms with Crippen molar-refractivity contribution in [3.8, 4) is 0 Å². The molecule has 7 nitrogen and oxygen atoms in total. The first-order valence-corrected chi connectivity index (χ1v) is 6.11. The van der Waals surface area contributed by atoms with Crippen LogP contribution >= 0.6 is 0 Å². The van der Waals surface area contributed by atoms with Crippen LogP contribution in [0.2, 0.25) is 0 Å². The molecular weight excluding hydrogens is 251 g/mol. The van der Waals surface area contributed by atoms with E-state index >= 15 is 0 Å². The number of carbonyl (C=O) groups excluding carboxylic acids is 1. The zero-order chi connectivity index (χ0) is 13.7. The molecule has 1 N–H and O–H groups in total. The molecule has 3 atom stereocenters. The van der Waals surface area contributed by atoms with Gasteiger partial charge in [0.05, 0.1) is 0 Å². The summed E-state index contributed by atoms with van der Waals surface area (Å²) in [5, 5.41) is 9.24. The van der Waals surface area contributed by atoms with Gasteiger partial charge in [-0.15, -0.1) is 0 Å². The van der Waals surface area contributed by atoms with Crippen molar-refractivity contribution in [2.24, 2.45) is 5.92 Å². The predicted octanol–water partition coefficient (Wildman–Crippen LogP) is -1.15. The van der Waals surface area contributed by atoms with Gasteiger partial charge in [-0.2, -0.15) is 0 Å². The second-order valence-corrected chi connectivity index (χ2v) is 5.01. The molecule has 0 radical (unpaired) electrons. The number of likely N-dealkylation sites (tertiary alicyclic amines) is 1. The predicted molar refractivity (Wildman–Crippen MR) is 62.2 cm³/mol. The standard InChI is InChI=1S/C11H13BN2O5/c1-19-6-2-5-3-13(4-12-18)9-7(5)14(10(9)15)8(6)11(16)17/h5,7,9H,2-4H2,1H3,(H,16,17)/t5?,7-,9?/m1/s1. The van der Waals surface area contributed by atoms with Crippen molar-refractivity contribution in [2.45, 2.75) is 18.5 Å². The first-order valence-electron chi connectivity index (χ1n) is 6.11. The van der Waals surface area contributed by atoms with Gasteiger partial charge in [-0.1, -0.05) is 0 Å². The minimum atomic E-state index is -1.14. The number of ether oxygens (including phenoxy) is 1. The van der Waals surface area contributed by atoms with Gasteiger partial charge in [0.1, 0.15) is 0 Å². The quantitative estimate of drug-likeness (QED) is 0.509. The average Bonchev–Trinajstić information content (AvgIpc) is 2.71. The molecule has 100 valence electrons. The van der Waals surface area contributed by atoms with Gasteiger partial charge in [-0.3, -0.25) is 0 Å². The third-order valence-electron chi connectivity index (χ3n) is 4.17. The summed E-state index contributed by atoms with van der Waals surface area (Å²) in [5.74, 6) is -0.911. The summed E-state index contributed by atoms with van der Waals surface area (Å²) < 4.78 is 15.8. The normalized spacial score (nSPS) is 32.8. The number of aliphatic carboxylic acids is 1. The molecule has 0 aliphatic carbocycles. The maximum atomic E-state index is 12.1. The van der Waals surface area contributed by atoms with Crippen molar-refractivity contribution in [1.29, 1.82) is 0 Å². The molecule has 0 saturated carbocycles. The van der Waals surface area contributed by atoms with E-state index in [2.05, 4.69) is 0 Å². The Bertz CT molecular complexity index is 505. The van der Waals surface area contributed by atoms with Crippen molar-refractivity contribution in [1.82, 2.24) is 9.80 Å². The van der Waals surface area contributed by atoms with E-state index in [0.29, 0.717) is 18.7 Å². The van der Waals surface area contributed by atoms with Crippen LogP contribution in [-0.4, -0.2) is 66.1 Å². The molecule has 3 rings (SSSR count). The Morgan fingerprint density at radius 2 is 2.32 bits per heavy atom. The molecule has 3 heterocycles. The number of rotatable bonds is 4. The third kappa shape index (κ3) is 1.49. The molecule has 0 aromatic carbocycles. The van der Waals surface area contributed by atoms with E-state index in [4.69, 9.17) is 4.74 Å². The Hall–Kier alpha value is -1.70. The van der Waals surface area contributed by atoms with Gasteiger partial charge < -0.3 is 0 Å². The van der Waals surface area contributed by atoms with Gasteiger partial charge in [0, 0.05) is 0 Å². The van der Waals surface area contributed by atoms with Gasteiger partial charge in [-0.25, -0.2) is 0 Å². The zero-order valence-electron chi connectivity index (χ0n) is 10.4. The fourth-order valence-corrected chi connectivity index (χ4v) is 3.46. The molecule has 0 bridgehead atoms. The number of nitrogens with zero attached hydrogens (tertiary/aromatic N) is 2. The molecule has 19 heavy (non-hydrogen) atoms. The van der Waals surface area contributed by atoms with Crippen LogP contribution in [-0.2, 0) is 19.0 Å². The number of allylic oxidation sites excluding steroid dienone is 1. The van der Waals surface area contributed by atoms with E-state index in [-0.39, 0.29) is 36.0 Å². The molecular formula is C11H13BN2O5. The SMILES string of the molecule is COC1=C(C(=O)O)N2C(=O)C3[C@H]2C(C1)CN3CB=O. The fourth-order valence-electron chi connectivity index (χ4n) is 3.46. The van der Waals surface area contributed by atoms with E-state index in [9.17, 15) is 19.4 Å². The Labute approximate surface area is 110 Å². The monoisotopic (exact) mass is 264 g/mol. The van der Waals surface area contributed by atoms with Crippen LogP contribution in [0.5, 0.6) is 0 Å². The van der Waals surface area contributed by atoms with Gasteiger partial charge >= 0.3 is 109 Å². The second-order valence-electron chi connectivity index (χ2n) is 5.01. The summed E-state index contributed by atoms with van der Waals surface area (Å²) in [5.41, 5.74) is -0.0436. The summed E-state index contributed by atoms with van der Waals surface area (Å²) in [6.45, 7) is 0.621. The molecule has 2 fully saturated rings. The van der Waals surface area contributed by atoms with E-state index in [1.54, 1.807) is 0 Å². The first-order chi connectivity index (χ1) is 9.10. The molecule has 0 spiro atoms. The number of carboxylic acid groups (broad SMARTS) is 1. The van der Waals surface area contributed by atoms with Crippen molar-refractivity contribution in [3.63, 3.8) is 0 Å². The van der Waals surface area contributed by atoms with Crippen LogP contribution in [0.25, 0.3) is 0 Å².